The van der Waals surface area contributed by atoms with Crippen LogP contribution >= 0.6 is 0 Å². The summed E-state index contributed by atoms with van der Waals surface area (Å²) in [6.45, 7) is 6.30. The number of likely N-dealkylation sites (tertiary alicyclic amines) is 1. The second kappa shape index (κ2) is 8.57. The van der Waals surface area contributed by atoms with Crippen LogP contribution in [0, 0.1) is 0 Å². The Morgan fingerprint density at radius 3 is 2.73 bits per heavy atom. The van der Waals surface area contributed by atoms with Gasteiger partial charge in [-0.1, -0.05) is 18.2 Å². The standard InChI is InChI=1S/C23H26F3N5O2/c1-22(2,3)33-21(32)31-10-6-7-14(13-31)29-20-28-12-17(23(24,25)26)19(30-20)16-11-27-18-9-5-4-8-15(16)18/h4-5,8-9,11-12,14,27H,6-7,10,13H2,1-3H3,(H,28,29,30)/t14-/m0/s1. The lowest BCUT2D eigenvalue weighted by Gasteiger charge is -2.34. The number of anilines is 1. The summed E-state index contributed by atoms with van der Waals surface area (Å²) in [5.41, 5.74) is -0.645. The molecule has 0 aliphatic carbocycles. The second-order valence-electron chi connectivity index (χ2n) is 9.11. The second-order valence-corrected chi connectivity index (χ2v) is 9.11. The first-order valence-corrected chi connectivity index (χ1v) is 10.8. The van der Waals surface area contributed by atoms with E-state index in [0.29, 0.717) is 29.6 Å². The van der Waals surface area contributed by atoms with Gasteiger partial charge in [0.1, 0.15) is 11.2 Å². The number of para-hydroxylation sites is 1. The number of hydrogen-bond donors (Lipinski definition) is 2. The van der Waals surface area contributed by atoms with Crippen molar-refractivity contribution >= 4 is 22.9 Å². The number of amides is 1. The van der Waals surface area contributed by atoms with Crippen LogP contribution < -0.4 is 5.32 Å². The van der Waals surface area contributed by atoms with Crippen LogP contribution in [0.25, 0.3) is 22.2 Å². The maximum absolute atomic E-state index is 13.7. The topological polar surface area (TPSA) is 83.1 Å². The third-order valence-corrected chi connectivity index (χ3v) is 5.34. The van der Waals surface area contributed by atoms with Crippen LogP contribution in [-0.2, 0) is 10.9 Å². The number of fused-ring (bicyclic) bond motifs is 1. The Morgan fingerprint density at radius 1 is 1.24 bits per heavy atom. The Balaban J connectivity index is 1.60. The van der Waals surface area contributed by atoms with Gasteiger partial charge in [-0.2, -0.15) is 13.2 Å². The quantitative estimate of drug-likeness (QED) is 0.542. The number of halogens is 3. The molecule has 0 saturated carbocycles. The molecule has 0 radical (unpaired) electrons. The predicted octanol–water partition coefficient (Wildman–Crippen LogP) is 5.46. The van der Waals surface area contributed by atoms with E-state index in [0.717, 1.165) is 19.0 Å². The highest BCUT2D eigenvalue weighted by Gasteiger charge is 2.36. The monoisotopic (exact) mass is 461 g/mol. The number of ether oxygens (including phenoxy) is 1. The predicted molar refractivity (Wildman–Crippen MR) is 119 cm³/mol. The molecule has 0 unspecified atom stereocenters. The van der Waals surface area contributed by atoms with Crippen LogP contribution in [0.15, 0.2) is 36.7 Å². The molecule has 1 saturated heterocycles. The van der Waals surface area contributed by atoms with Crippen molar-refractivity contribution in [1.29, 1.82) is 0 Å². The maximum Gasteiger partial charge on any atom is 0.419 e. The van der Waals surface area contributed by atoms with Crippen molar-refractivity contribution in [3.05, 3.63) is 42.2 Å². The molecule has 1 fully saturated rings. The molecule has 0 spiro atoms. The zero-order valence-corrected chi connectivity index (χ0v) is 18.7. The number of aromatic amines is 1. The van der Waals surface area contributed by atoms with Crippen molar-refractivity contribution in [2.75, 3.05) is 18.4 Å². The molecule has 176 valence electrons. The van der Waals surface area contributed by atoms with Gasteiger partial charge < -0.3 is 19.9 Å². The summed E-state index contributed by atoms with van der Waals surface area (Å²) < 4.78 is 46.6. The third kappa shape index (κ3) is 5.20. The van der Waals surface area contributed by atoms with E-state index in [1.54, 1.807) is 49.9 Å². The first kappa shape index (κ1) is 22.9. The molecule has 1 atom stereocenters. The summed E-state index contributed by atoms with van der Waals surface area (Å²) in [7, 11) is 0. The van der Waals surface area contributed by atoms with E-state index < -0.39 is 23.4 Å². The lowest BCUT2D eigenvalue weighted by atomic mass is 10.1. The number of nitrogens with one attached hydrogen (secondary N) is 2. The minimum atomic E-state index is -4.61. The number of H-pyrrole nitrogens is 1. The highest BCUT2D eigenvalue weighted by atomic mass is 19.4. The van der Waals surface area contributed by atoms with E-state index in [1.165, 1.54) is 6.20 Å². The molecule has 3 heterocycles. The van der Waals surface area contributed by atoms with E-state index in [4.69, 9.17) is 4.74 Å². The highest BCUT2D eigenvalue weighted by molar-refractivity contribution is 5.95. The van der Waals surface area contributed by atoms with Gasteiger partial charge in [-0.05, 0) is 39.7 Å². The normalized spacial score (nSPS) is 17.3. The molecule has 1 aromatic carbocycles. The fourth-order valence-corrected chi connectivity index (χ4v) is 3.90. The van der Waals surface area contributed by atoms with Crippen LogP contribution in [0.4, 0.5) is 23.9 Å². The van der Waals surface area contributed by atoms with Crippen molar-refractivity contribution in [2.24, 2.45) is 0 Å². The van der Waals surface area contributed by atoms with Gasteiger partial charge >= 0.3 is 12.3 Å². The molecule has 1 aliphatic heterocycles. The van der Waals surface area contributed by atoms with E-state index in [2.05, 4.69) is 20.3 Å². The number of piperidine rings is 1. The number of alkyl halides is 3. The Kier molecular flexibility index (Phi) is 5.94. The van der Waals surface area contributed by atoms with Gasteiger partial charge in [0.05, 0.1) is 5.69 Å². The Morgan fingerprint density at radius 2 is 2.00 bits per heavy atom. The third-order valence-electron chi connectivity index (χ3n) is 5.34. The zero-order valence-electron chi connectivity index (χ0n) is 18.7. The Labute approximate surface area is 189 Å². The van der Waals surface area contributed by atoms with Gasteiger partial charge in [0.15, 0.2) is 0 Å². The maximum atomic E-state index is 13.7. The zero-order chi connectivity index (χ0) is 23.8. The number of benzene rings is 1. The SMILES string of the molecule is CC(C)(C)OC(=O)N1CCC[C@H](Nc2ncc(C(F)(F)F)c(-c3c[nH]c4ccccc34)n2)C1. The van der Waals surface area contributed by atoms with Crippen molar-refractivity contribution in [1.82, 2.24) is 19.9 Å². The average Bonchev–Trinajstić information content (AvgIpc) is 3.16. The van der Waals surface area contributed by atoms with Gasteiger partial charge in [0.25, 0.3) is 0 Å². The van der Waals surface area contributed by atoms with Crippen LogP contribution in [0.5, 0.6) is 0 Å². The average molecular weight is 461 g/mol. The van der Waals surface area contributed by atoms with Crippen molar-refractivity contribution in [3.8, 4) is 11.3 Å². The number of carbonyl (C=O) groups excluding carboxylic acids is 1. The van der Waals surface area contributed by atoms with Crippen LogP contribution in [0.1, 0.15) is 39.2 Å². The lowest BCUT2D eigenvalue weighted by Crippen LogP contribution is -2.47. The number of aromatic nitrogens is 3. The molecule has 7 nitrogen and oxygen atoms in total. The van der Waals surface area contributed by atoms with Crippen LogP contribution in [0.3, 0.4) is 0 Å². The number of carbonyl (C=O) groups is 1. The van der Waals surface area contributed by atoms with E-state index in [9.17, 15) is 18.0 Å². The van der Waals surface area contributed by atoms with Crippen molar-refractivity contribution < 1.29 is 22.7 Å². The molecule has 3 aromatic rings. The highest BCUT2D eigenvalue weighted by Crippen LogP contribution is 2.38. The van der Waals surface area contributed by atoms with Crippen LogP contribution in [-0.4, -0.2) is 50.7 Å². The molecule has 1 aliphatic rings. The van der Waals surface area contributed by atoms with Gasteiger partial charge in [0.2, 0.25) is 5.95 Å². The summed E-state index contributed by atoms with van der Waals surface area (Å²) in [5, 5.41) is 3.75. The van der Waals surface area contributed by atoms with Gasteiger partial charge in [-0.3, -0.25) is 0 Å². The van der Waals surface area contributed by atoms with E-state index >= 15 is 0 Å². The van der Waals surface area contributed by atoms with Gasteiger partial charge in [-0.25, -0.2) is 14.8 Å². The Hall–Kier alpha value is -3.30. The minimum absolute atomic E-state index is 0.0827. The fourth-order valence-electron chi connectivity index (χ4n) is 3.90. The largest absolute Gasteiger partial charge is 0.444 e. The summed E-state index contributed by atoms with van der Waals surface area (Å²) in [6.07, 6.45) is -1.23. The van der Waals surface area contributed by atoms with E-state index in [-0.39, 0.29) is 17.7 Å². The molecular weight excluding hydrogens is 435 g/mol. The molecular formula is C23H26F3N5O2. The first-order valence-electron chi connectivity index (χ1n) is 10.8. The van der Waals surface area contributed by atoms with Gasteiger partial charge in [-0.15, -0.1) is 0 Å². The van der Waals surface area contributed by atoms with Gasteiger partial charge in [0, 0.05) is 48.0 Å². The molecule has 10 heteroatoms. The molecule has 0 bridgehead atoms. The van der Waals surface area contributed by atoms with Crippen molar-refractivity contribution in [2.45, 2.75) is 51.4 Å². The number of hydrogen-bond acceptors (Lipinski definition) is 5. The minimum Gasteiger partial charge on any atom is -0.444 e. The number of nitrogens with zero attached hydrogens (tertiary/aromatic N) is 3. The smallest absolute Gasteiger partial charge is 0.419 e. The molecule has 33 heavy (non-hydrogen) atoms. The first-order chi connectivity index (χ1) is 15.5. The summed E-state index contributed by atoms with van der Waals surface area (Å²) in [5.74, 6) is 0.0827. The summed E-state index contributed by atoms with van der Waals surface area (Å²) >= 11 is 0. The fraction of sp³-hybridized carbons (Fsp3) is 0.435. The molecule has 2 N–H and O–H groups in total. The molecule has 1 amide bonds. The number of rotatable bonds is 3. The Bertz CT molecular complexity index is 1150. The van der Waals surface area contributed by atoms with Crippen LogP contribution in [0.2, 0.25) is 0 Å². The molecule has 4 rings (SSSR count). The lowest BCUT2D eigenvalue weighted by molar-refractivity contribution is -0.137. The summed E-state index contributed by atoms with van der Waals surface area (Å²) in [4.78, 5) is 25.2. The summed E-state index contributed by atoms with van der Waals surface area (Å²) in [6, 6.07) is 6.90. The van der Waals surface area contributed by atoms with Crippen molar-refractivity contribution in [3.63, 3.8) is 0 Å². The molecule has 2 aromatic heterocycles. The van der Waals surface area contributed by atoms with E-state index in [1.807, 2.05) is 0 Å².